The lowest BCUT2D eigenvalue weighted by atomic mass is 9.80. The second-order valence-corrected chi connectivity index (χ2v) is 6.41. The highest BCUT2D eigenvalue weighted by atomic mass is 16.3. The van der Waals surface area contributed by atoms with Gasteiger partial charge in [-0.2, -0.15) is 0 Å². The van der Waals surface area contributed by atoms with Gasteiger partial charge < -0.3 is 10.0 Å². The molecule has 1 atom stereocenters. The van der Waals surface area contributed by atoms with E-state index < -0.39 is 0 Å². The van der Waals surface area contributed by atoms with E-state index in [1.54, 1.807) is 6.20 Å². The van der Waals surface area contributed by atoms with E-state index in [-0.39, 0.29) is 6.61 Å². The number of pyridine rings is 1. The molecule has 1 aliphatic heterocycles. The van der Waals surface area contributed by atoms with Crippen molar-refractivity contribution in [3.63, 3.8) is 0 Å². The Morgan fingerprint density at radius 1 is 1.44 bits per heavy atom. The van der Waals surface area contributed by atoms with Crippen molar-refractivity contribution in [2.45, 2.75) is 40.7 Å². The average molecular weight is 248 g/mol. The van der Waals surface area contributed by atoms with Gasteiger partial charge in [0.1, 0.15) is 0 Å². The van der Waals surface area contributed by atoms with Gasteiger partial charge >= 0.3 is 0 Å². The van der Waals surface area contributed by atoms with Crippen molar-refractivity contribution >= 4 is 5.69 Å². The zero-order valence-electron chi connectivity index (χ0n) is 11.9. The third-order valence-electron chi connectivity index (χ3n) is 4.02. The number of aliphatic hydroxyl groups is 1. The first-order chi connectivity index (χ1) is 8.41. The topological polar surface area (TPSA) is 36.4 Å². The quantitative estimate of drug-likeness (QED) is 0.874. The Morgan fingerprint density at radius 3 is 2.72 bits per heavy atom. The molecule has 0 aromatic carbocycles. The van der Waals surface area contributed by atoms with Gasteiger partial charge in [-0.3, -0.25) is 4.98 Å². The molecule has 2 heterocycles. The summed E-state index contributed by atoms with van der Waals surface area (Å²) in [6.07, 6.45) is 3.03. The summed E-state index contributed by atoms with van der Waals surface area (Å²) in [6.45, 7) is 11.2. The summed E-state index contributed by atoms with van der Waals surface area (Å²) in [6, 6.07) is 2.09. The molecule has 0 aliphatic carbocycles. The van der Waals surface area contributed by atoms with Crippen LogP contribution in [0.25, 0.3) is 0 Å². The van der Waals surface area contributed by atoms with Gasteiger partial charge in [0.15, 0.2) is 0 Å². The maximum atomic E-state index is 9.43. The molecule has 1 aromatic heterocycles. The van der Waals surface area contributed by atoms with Gasteiger partial charge in [-0.25, -0.2) is 0 Å². The van der Waals surface area contributed by atoms with Crippen molar-refractivity contribution in [2.75, 3.05) is 18.0 Å². The summed E-state index contributed by atoms with van der Waals surface area (Å²) >= 11 is 0. The van der Waals surface area contributed by atoms with Crippen LogP contribution in [0.3, 0.4) is 0 Å². The molecule has 18 heavy (non-hydrogen) atoms. The highest BCUT2D eigenvalue weighted by Gasteiger charge is 2.32. The molecule has 1 fully saturated rings. The minimum absolute atomic E-state index is 0.0687. The molecular formula is C15H24N2O. The van der Waals surface area contributed by atoms with Gasteiger partial charge in [0.25, 0.3) is 0 Å². The number of hydrogen-bond donors (Lipinski definition) is 1. The lowest BCUT2D eigenvalue weighted by Crippen LogP contribution is -2.26. The lowest BCUT2D eigenvalue weighted by molar-refractivity contribution is 0.263. The zero-order valence-corrected chi connectivity index (χ0v) is 11.9. The number of aromatic nitrogens is 1. The Hall–Kier alpha value is -1.09. The molecule has 100 valence electrons. The number of hydrogen-bond acceptors (Lipinski definition) is 3. The van der Waals surface area contributed by atoms with Crippen LogP contribution in [0.1, 0.15) is 38.4 Å². The van der Waals surface area contributed by atoms with E-state index >= 15 is 0 Å². The van der Waals surface area contributed by atoms with Crippen molar-refractivity contribution < 1.29 is 5.11 Å². The monoisotopic (exact) mass is 248 g/mol. The van der Waals surface area contributed by atoms with Crippen molar-refractivity contribution in [1.82, 2.24) is 4.98 Å². The fraction of sp³-hybridized carbons (Fsp3) is 0.667. The van der Waals surface area contributed by atoms with Crippen LogP contribution in [0, 0.1) is 18.3 Å². The van der Waals surface area contributed by atoms with Gasteiger partial charge in [-0.05, 0) is 30.7 Å². The Balaban J connectivity index is 2.21. The van der Waals surface area contributed by atoms with Gasteiger partial charge in [0.2, 0.25) is 0 Å². The largest absolute Gasteiger partial charge is 0.392 e. The fourth-order valence-electron chi connectivity index (χ4n) is 2.68. The minimum atomic E-state index is 0.0687. The number of rotatable bonds is 2. The number of aryl methyl sites for hydroxylation is 1. The van der Waals surface area contributed by atoms with Crippen LogP contribution in [0.4, 0.5) is 5.69 Å². The van der Waals surface area contributed by atoms with Crippen LogP contribution in [-0.2, 0) is 6.61 Å². The first-order valence-electron chi connectivity index (χ1n) is 6.73. The van der Waals surface area contributed by atoms with Crippen LogP contribution in [-0.4, -0.2) is 23.2 Å². The predicted octanol–water partition coefficient (Wildman–Crippen LogP) is 2.75. The lowest BCUT2D eigenvalue weighted by Gasteiger charge is -2.28. The fourth-order valence-corrected chi connectivity index (χ4v) is 2.68. The molecule has 2 rings (SSSR count). The highest BCUT2D eigenvalue weighted by Crippen LogP contribution is 2.36. The molecule has 1 aromatic rings. The smallest absolute Gasteiger partial charge is 0.0717 e. The van der Waals surface area contributed by atoms with Crippen LogP contribution >= 0.6 is 0 Å². The molecule has 0 saturated carbocycles. The summed E-state index contributed by atoms with van der Waals surface area (Å²) in [5.41, 5.74) is 3.48. The summed E-state index contributed by atoms with van der Waals surface area (Å²) in [5, 5.41) is 9.43. The molecule has 0 bridgehead atoms. The minimum Gasteiger partial charge on any atom is -0.392 e. The molecule has 3 nitrogen and oxygen atoms in total. The summed E-state index contributed by atoms with van der Waals surface area (Å²) in [4.78, 5) is 6.66. The van der Waals surface area contributed by atoms with Crippen LogP contribution < -0.4 is 4.90 Å². The molecule has 0 spiro atoms. The Labute approximate surface area is 110 Å². The Bertz CT molecular complexity index is 423. The predicted molar refractivity (Wildman–Crippen MR) is 74.7 cm³/mol. The van der Waals surface area contributed by atoms with E-state index in [1.807, 2.05) is 6.92 Å². The van der Waals surface area contributed by atoms with Crippen molar-refractivity contribution in [3.8, 4) is 0 Å². The first kappa shape index (κ1) is 13.3. The average Bonchev–Trinajstić information content (AvgIpc) is 2.77. The molecule has 1 saturated heterocycles. The van der Waals surface area contributed by atoms with Gasteiger partial charge in [0.05, 0.1) is 6.61 Å². The molecule has 1 unspecified atom stereocenters. The molecule has 3 heteroatoms. The van der Waals surface area contributed by atoms with Crippen molar-refractivity contribution in [3.05, 3.63) is 23.5 Å². The second-order valence-electron chi connectivity index (χ2n) is 6.41. The molecule has 1 N–H and O–H groups in total. The molecule has 0 amide bonds. The SMILES string of the molecule is Cc1cc(N2CCC(C(C)(C)C)C2)c(CO)cn1. The van der Waals surface area contributed by atoms with Gasteiger partial charge in [-0.1, -0.05) is 20.8 Å². The summed E-state index contributed by atoms with van der Waals surface area (Å²) < 4.78 is 0. The van der Waals surface area contributed by atoms with Crippen LogP contribution in [0.5, 0.6) is 0 Å². The number of aliphatic hydroxyl groups excluding tert-OH is 1. The second kappa shape index (κ2) is 4.88. The maximum Gasteiger partial charge on any atom is 0.0717 e. The third-order valence-corrected chi connectivity index (χ3v) is 4.02. The van der Waals surface area contributed by atoms with Crippen molar-refractivity contribution in [1.29, 1.82) is 0 Å². The van der Waals surface area contributed by atoms with Crippen molar-refractivity contribution in [2.24, 2.45) is 11.3 Å². The maximum absolute atomic E-state index is 9.43. The molecular weight excluding hydrogens is 224 g/mol. The Morgan fingerprint density at radius 2 is 2.17 bits per heavy atom. The summed E-state index contributed by atoms with van der Waals surface area (Å²) in [7, 11) is 0. The van der Waals surface area contributed by atoms with Gasteiger partial charge in [-0.15, -0.1) is 0 Å². The third kappa shape index (κ3) is 2.66. The summed E-state index contributed by atoms with van der Waals surface area (Å²) in [5.74, 6) is 0.720. The highest BCUT2D eigenvalue weighted by molar-refractivity contribution is 5.54. The van der Waals surface area contributed by atoms with E-state index in [0.29, 0.717) is 5.41 Å². The van der Waals surface area contributed by atoms with E-state index in [4.69, 9.17) is 0 Å². The van der Waals surface area contributed by atoms with Crippen LogP contribution in [0.15, 0.2) is 12.3 Å². The van der Waals surface area contributed by atoms with E-state index in [1.165, 1.54) is 6.42 Å². The Kier molecular flexibility index (Phi) is 3.62. The first-order valence-corrected chi connectivity index (χ1v) is 6.73. The standard InChI is InChI=1S/C15H24N2O/c1-11-7-14(12(10-18)8-16-11)17-6-5-13(9-17)15(2,3)4/h7-8,13,18H,5-6,9-10H2,1-4H3. The van der Waals surface area contributed by atoms with E-state index in [0.717, 1.165) is 36.0 Å². The normalized spacial score (nSPS) is 20.5. The molecule has 1 aliphatic rings. The molecule has 0 radical (unpaired) electrons. The van der Waals surface area contributed by atoms with Crippen LogP contribution in [0.2, 0.25) is 0 Å². The number of anilines is 1. The van der Waals surface area contributed by atoms with E-state index in [9.17, 15) is 5.11 Å². The number of nitrogens with zero attached hydrogens (tertiary/aromatic N) is 2. The zero-order chi connectivity index (χ0) is 13.3. The van der Waals surface area contributed by atoms with Gasteiger partial charge in [0, 0.05) is 36.2 Å². The van der Waals surface area contributed by atoms with E-state index in [2.05, 4.69) is 36.7 Å².